The smallest absolute Gasteiger partial charge is 0.328 e. The molecular formula is C15H9Cl4N5O4S. The van der Waals surface area contributed by atoms with Crippen LogP contribution in [0.2, 0.25) is 20.4 Å². The maximum atomic E-state index is 11.2. The van der Waals surface area contributed by atoms with Gasteiger partial charge in [0, 0.05) is 11.8 Å². The largest absolute Gasteiger partial charge is 0.422 e. The predicted octanol–water partition coefficient (Wildman–Crippen LogP) is 4.85. The highest BCUT2D eigenvalue weighted by molar-refractivity contribution is 7.86. The average molecular weight is 497 g/mol. The summed E-state index contributed by atoms with van der Waals surface area (Å²) in [7, 11) is -4.45. The molecule has 3 aromatic rings. The fourth-order valence-corrected chi connectivity index (χ4v) is 3.43. The van der Waals surface area contributed by atoms with E-state index in [1.807, 2.05) is 0 Å². The summed E-state index contributed by atoms with van der Waals surface area (Å²) < 4.78 is 37.0. The minimum atomic E-state index is -4.45. The first-order valence-corrected chi connectivity index (χ1v) is 10.4. The number of nitrogens with one attached hydrogen (secondary N) is 1. The van der Waals surface area contributed by atoms with E-state index >= 15 is 0 Å². The summed E-state index contributed by atoms with van der Waals surface area (Å²) in [6.07, 6.45) is 0. The Hall–Kier alpha value is -2.08. The van der Waals surface area contributed by atoms with Gasteiger partial charge in [-0.05, 0) is 35.9 Å². The number of halogens is 4. The van der Waals surface area contributed by atoms with E-state index in [-0.39, 0.29) is 43.7 Å². The molecule has 1 aromatic heterocycles. The molecule has 1 heterocycles. The number of hydrogen-bond donors (Lipinski definition) is 3. The number of anilines is 3. The molecular weight excluding hydrogens is 488 g/mol. The third-order valence-corrected chi connectivity index (χ3v) is 5.42. The molecule has 0 unspecified atom stereocenters. The molecule has 9 nitrogen and oxygen atoms in total. The van der Waals surface area contributed by atoms with Crippen LogP contribution in [0.1, 0.15) is 0 Å². The molecule has 0 atom stereocenters. The van der Waals surface area contributed by atoms with E-state index in [2.05, 4.69) is 20.3 Å². The molecule has 0 amide bonds. The van der Waals surface area contributed by atoms with E-state index < -0.39 is 15.0 Å². The molecule has 0 saturated carbocycles. The Morgan fingerprint density at radius 2 is 1.66 bits per heavy atom. The highest BCUT2D eigenvalue weighted by atomic mass is 35.5. The van der Waals surface area contributed by atoms with Crippen molar-refractivity contribution >= 4 is 73.8 Å². The first kappa shape index (κ1) is 21.6. The number of hydrogen-bond acceptors (Lipinski definition) is 8. The van der Waals surface area contributed by atoms with Crippen molar-refractivity contribution < 1.29 is 17.7 Å². The Balaban J connectivity index is 1.88. The van der Waals surface area contributed by atoms with Crippen molar-refractivity contribution in [2.24, 2.45) is 0 Å². The van der Waals surface area contributed by atoms with Gasteiger partial charge in [0.05, 0.1) is 20.8 Å². The quantitative estimate of drug-likeness (QED) is 0.256. The number of aromatic nitrogens is 3. The van der Waals surface area contributed by atoms with Crippen molar-refractivity contribution in [1.82, 2.24) is 15.0 Å². The molecule has 4 N–H and O–H groups in total. The zero-order valence-electron chi connectivity index (χ0n) is 13.9. The predicted molar refractivity (Wildman–Crippen MR) is 110 cm³/mol. The molecule has 0 aliphatic heterocycles. The van der Waals surface area contributed by atoms with Gasteiger partial charge in [-0.25, -0.2) is 0 Å². The summed E-state index contributed by atoms with van der Waals surface area (Å²) in [6, 6.07) is 6.29. The molecule has 0 spiro atoms. The first-order valence-electron chi connectivity index (χ1n) is 7.41. The third-order valence-electron chi connectivity index (χ3n) is 3.31. The summed E-state index contributed by atoms with van der Waals surface area (Å²) in [6.45, 7) is 0. The second kappa shape index (κ2) is 8.34. The van der Waals surface area contributed by atoms with Crippen molar-refractivity contribution in [3.05, 3.63) is 50.7 Å². The molecule has 0 fully saturated rings. The molecule has 0 aliphatic carbocycles. The highest BCUT2D eigenvalue weighted by Crippen LogP contribution is 2.36. The van der Waals surface area contributed by atoms with Crippen LogP contribution >= 0.6 is 46.4 Å². The van der Waals surface area contributed by atoms with E-state index in [1.54, 1.807) is 0 Å². The number of nitrogens with zero attached hydrogens (tertiary/aromatic N) is 3. The van der Waals surface area contributed by atoms with Crippen LogP contribution in [0.3, 0.4) is 0 Å². The van der Waals surface area contributed by atoms with Crippen LogP contribution in [-0.2, 0) is 10.1 Å². The topological polar surface area (TPSA) is 140 Å². The average Bonchev–Trinajstić information content (AvgIpc) is 2.58. The Kier molecular flexibility index (Phi) is 6.22. The zero-order chi connectivity index (χ0) is 21.3. The summed E-state index contributed by atoms with van der Waals surface area (Å²) >= 11 is 23.8. The second-order valence-corrected chi connectivity index (χ2v) is 8.31. The SMILES string of the molecule is Nc1cc(Nc2nc(Cl)nc(Oc3cc(Cl)c(Cl)cc3Cl)n2)ccc1S(=O)(=O)O. The Morgan fingerprint density at radius 3 is 2.31 bits per heavy atom. The third kappa shape index (κ3) is 5.30. The van der Waals surface area contributed by atoms with Gasteiger partial charge >= 0.3 is 6.01 Å². The number of rotatable bonds is 5. The van der Waals surface area contributed by atoms with Gasteiger partial charge in [-0.2, -0.15) is 23.4 Å². The van der Waals surface area contributed by atoms with Gasteiger partial charge in [-0.15, -0.1) is 0 Å². The molecule has 29 heavy (non-hydrogen) atoms. The van der Waals surface area contributed by atoms with Crippen molar-refractivity contribution in [2.75, 3.05) is 11.1 Å². The monoisotopic (exact) mass is 495 g/mol. The number of nitrogens with two attached hydrogens (primary N) is 1. The number of nitrogen functional groups attached to an aromatic ring is 1. The summed E-state index contributed by atoms with van der Waals surface area (Å²) in [4.78, 5) is 11.3. The van der Waals surface area contributed by atoms with Gasteiger partial charge < -0.3 is 15.8 Å². The molecule has 0 bridgehead atoms. The zero-order valence-corrected chi connectivity index (χ0v) is 17.7. The van der Waals surface area contributed by atoms with Crippen molar-refractivity contribution in [3.8, 4) is 11.8 Å². The fourth-order valence-electron chi connectivity index (χ4n) is 2.10. The van der Waals surface area contributed by atoms with Gasteiger partial charge in [0.1, 0.15) is 4.90 Å². The van der Waals surface area contributed by atoms with Gasteiger partial charge in [0.2, 0.25) is 11.2 Å². The van der Waals surface area contributed by atoms with Crippen LogP contribution in [0.4, 0.5) is 17.3 Å². The standard InChI is InChI=1S/C15H9Cl4N5O4S/c16-7-4-9(18)11(5-8(7)17)28-15-23-13(19)22-14(24-15)21-6-1-2-12(10(20)3-6)29(25,26)27/h1-5H,20H2,(H,25,26,27)(H,21,22,23,24). The van der Waals surface area contributed by atoms with Crippen LogP contribution in [0.25, 0.3) is 0 Å². The maximum Gasteiger partial charge on any atom is 0.328 e. The molecule has 0 aliphatic rings. The van der Waals surface area contributed by atoms with Gasteiger partial charge in [-0.3, -0.25) is 4.55 Å². The Morgan fingerprint density at radius 1 is 0.966 bits per heavy atom. The lowest BCUT2D eigenvalue weighted by atomic mass is 10.3. The fraction of sp³-hybridized carbons (Fsp3) is 0. The molecule has 0 radical (unpaired) electrons. The van der Waals surface area contributed by atoms with Crippen molar-refractivity contribution in [2.45, 2.75) is 4.90 Å². The lowest BCUT2D eigenvalue weighted by molar-refractivity contribution is 0.441. The summed E-state index contributed by atoms with van der Waals surface area (Å²) in [5.41, 5.74) is 5.78. The lowest BCUT2D eigenvalue weighted by Gasteiger charge is -2.10. The minimum Gasteiger partial charge on any atom is -0.422 e. The van der Waals surface area contributed by atoms with E-state index in [4.69, 9.17) is 61.4 Å². The van der Waals surface area contributed by atoms with Crippen LogP contribution in [-0.4, -0.2) is 27.9 Å². The van der Waals surface area contributed by atoms with Crippen LogP contribution in [0, 0.1) is 0 Å². The lowest BCUT2D eigenvalue weighted by Crippen LogP contribution is -2.05. The number of benzene rings is 2. The minimum absolute atomic E-state index is 0.0322. The molecule has 2 aromatic carbocycles. The molecule has 152 valence electrons. The van der Waals surface area contributed by atoms with E-state index in [9.17, 15) is 8.42 Å². The molecule has 14 heteroatoms. The molecule has 0 saturated heterocycles. The Labute approximate surface area is 184 Å². The van der Waals surface area contributed by atoms with Crippen LogP contribution in [0.15, 0.2) is 35.2 Å². The highest BCUT2D eigenvalue weighted by Gasteiger charge is 2.15. The normalized spacial score (nSPS) is 11.3. The Bertz CT molecular complexity index is 1210. The van der Waals surface area contributed by atoms with Gasteiger partial charge in [-0.1, -0.05) is 34.8 Å². The summed E-state index contributed by atoms with van der Waals surface area (Å²) in [5.74, 6) is 0.103. The van der Waals surface area contributed by atoms with Crippen molar-refractivity contribution in [1.29, 1.82) is 0 Å². The van der Waals surface area contributed by atoms with E-state index in [0.717, 1.165) is 6.07 Å². The first-order chi connectivity index (χ1) is 13.5. The molecule has 3 rings (SSSR count). The second-order valence-electron chi connectivity index (χ2n) is 5.36. The van der Waals surface area contributed by atoms with E-state index in [0.29, 0.717) is 5.69 Å². The maximum absolute atomic E-state index is 11.2. The van der Waals surface area contributed by atoms with Crippen LogP contribution in [0.5, 0.6) is 11.8 Å². The summed E-state index contributed by atoms with van der Waals surface area (Å²) in [5, 5.41) is 3.18. The van der Waals surface area contributed by atoms with Gasteiger partial charge in [0.15, 0.2) is 5.75 Å². The number of ether oxygens (including phenoxy) is 1. The van der Waals surface area contributed by atoms with Gasteiger partial charge in [0.25, 0.3) is 10.1 Å². The van der Waals surface area contributed by atoms with Crippen LogP contribution < -0.4 is 15.8 Å². The van der Waals surface area contributed by atoms with E-state index in [1.165, 1.54) is 24.3 Å². The van der Waals surface area contributed by atoms with Crippen molar-refractivity contribution in [3.63, 3.8) is 0 Å².